The summed E-state index contributed by atoms with van der Waals surface area (Å²) in [6, 6.07) is 18.1. The molecule has 9 heteroatoms. The van der Waals surface area contributed by atoms with Crippen molar-refractivity contribution in [3.05, 3.63) is 93.1 Å². The third kappa shape index (κ3) is 6.60. The van der Waals surface area contributed by atoms with Gasteiger partial charge in [-0.15, -0.1) is 0 Å². The second-order valence-electron chi connectivity index (χ2n) is 8.83. The van der Waals surface area contributed by atoms with Crippen LogP contribution >= 0.6 is 15.9 Å². The smallest absolute Gasteiger partial charge is 0.329 e. The molecule has 1 heterocycles. The Hall–Kier alpha value is -4.11. The second-order valence-corrected chi connectivity index (χ2v) is 9.69. The van der Waals surface area contributed by atoms with Crippen molar-refractivity contribution >= 4 is 45.5 Å². The molecule has 1 aliphatic heterocycles. The average molecular weight is 578 g/mol. The molecule has 0 radical (unpaired) electrons. The van der Waals surface area contributed by atoms with Gasteiger partial charge in [-0.3, -0.25) is 14.5 Å². The van der Waals surface area contributed by atoms with Gasteiger partial charge in [-0.05, 0) is 78.2 Å². The monoisotopic (exact) mass is 577 g/mol. The summed E-state index contributed by atoms with van der Waals surface area (Å²) >= 11 is 3.48. The zero-order chi connectivity index (χ0) is 27.2. The van der Waals surface area contributed by atoms with E-state index >= 15 is 0 Å². The van der Waals surface area contributed by atoms with E-state index in [1.807, 2.05) is 69.3 Å². The van der Waals surface area contributed by atoms with Crippen LogP contribution in [-0.4, -0.2) is 36.0 Å². The third-order valence-corrected chi connectivity index (χ3v) is 6.34. The Bertz CT molecular complexity index is 1380. The number of urea groups is 1. The molecule has 4 amide bonds. The van der Waals surface area contributed by atoms with Crippen molar-refractivity contribution < 1.29 is 23.9 Å². The van der Waals surface area contributed by atoms with E-state index < -0.39 is 11.9 Å². The molecule has 0 unspecified atom stereocenters. The van der Waals surface area contributed by atoms with E-state index in [0.29, 0.717) is 33.8 Å². The first-order valence-electron chi connectivity index (χ1n) is 12.1. The quantitative estimate of drug-likeness (QED) is 0.256. The van der Waals surface area contributed by atoms with Crippen LogP contribution in [0.25, 0.3) is 6.08 Å². The van der Waals surface area contributed by atoms with Gasteiger partial charge in [0.15, 0.2) is 18.1 Å². The molecule has 0 bridgehead atoms. The van der Waals surface area contributed by atoms with Crippen molar-refractivity contribution in [3.8, 4) is 11.5 Å². The summed E-state index contributed by atoms with van der Waals surface area (Å²) in [7, 11) is 0. The number of carbonyl (C=O) groups excluding carboxylic acids is 3. The first-order chi connectivity index (χ1) is 18.2. The van der Waals surface area contributed by atoms with Crippen molar-refractivity contribution in [2.24, 2.45) is 0 Å². The Morgan fingerprint density at radius 3 is 2.32 bits per heavy atom. The van der Waals surface area contributed by atoms with Crippen LogP contribution in [0.4, 0.5) is 10.5 Å². The number of anilines is 1. The molecule has 38 heavy (non-hydrogen) atoms. The van der Waals surface area contributed by atoms with Crippen LogP contribution in [0.1, 0.15) is 29.2 Å². The van der Waals surface area contributed by atoms with Gasteiger partial charge in [0.2, 0.25) is 0 Å². The van der Waals surface area contributed by atoms with E-state index in [-0.39, 0.29) is 24.8 Å². The lowest BCUT2D eigenvalue weighted by Crippen LogP contribution is -2.30. The fourth-order valence-electron chi connectivity index (χ4n) is 3.80. The molecule has 0 aromatic heterocycles. The number of halogens is 1. The van der Waals surface area contributed by atoms with E-state index in [2.05, 4.69) is 26.6 Å². The predicted molar refractivity (Wildman–Crippen MR) is 149 cm³/mol. The number of benzene rings is 3. The van der Waals surface area contributed by atoms with Crippen LogP contribution in [0.5, 0.6) is 11.5 Å². The van der Waals surface area contributed by atoms with Crippen LogP contribution < -0.4 is 20.1 Å². The van der Waals surface area contributed by atoms with Gasteiger partial charge in [0.1, 0.15) is 5.70 Å². The lowest BCUT2D eigenvalue weighted by molar-refractivity contribution is -0.123. The van der Waals surface area contributed by atoms with Crippen molar-refractivity contribution in [2.75, 3.05) is 18.5 Å². The largest absolute Gasteiger partial charge is 0.490 e. The molecule has 0 atom stereocenters. The maximum atomic E-state index is 13.0. The van der Waals surface area contributed by atoms with E-state index in [1.165, 1.54) is 4.90 Å². The second kappa shape index (κ2) is 12.0. The molecule has 2 N–H and O–H groups in total. The van der Waals surface area contributed by atoms with Gasteiger partial charge in [0.25, 0.3) is 11.8 Å². The first-order valence-corrected chi connectivity index (χ1v) is 12.9. The van der Waals surface area contributed by atoms with E-state index in [1.54, 1.807) is 18.2 Å². The number of nitrogens with one attached hydrogen (secondary N) is 2. The zero-order valence-corrected chi connectivity index (χ0v) is 22.9. The Balaban J connectivity index is 1.48. The third-order valence-electron chi connectivity index (χ3n) is 5.75. The molecule has 3 aromatic carbocycles. The maximum absolute atomic E-state index is 13.0. The molecule has 0 aliphatic carbocycles. The molecule has 0 saturated carbocycles. The van der Waals surface area contributed by atoms with Gasteiger partial charge in [-0.2, -0.15) is 0 Å². The molecule has 3 aromatic rings. The zero-order valence-electron chi connectivity index (χ0n) is 21.3. The molecule has 0 spiro atoms. The summed E-state index contributed by atoms with van der Waals surface area (Å²) in [5.74, 6) is 0.0149. The van der Waals surface area contributed by atoms with Crippen molar-refractivity contribution in [1.29, 1.82) is 0 Å². The normalized spacial score (nSPS) is 14.0. The number of ether oxygens (including phenoxy) is 2. The Morgan fingerprint density at radius 2 is 1.66 bits per heavy atom. The standard InChI is InChI=1S/C29H28BrN3O5/c1-4-37-25-15-21(13-23(30)27(25)38-17-26(34)31-22-11-7-19(3)8-12-22)14-24-28(35)33(29(36)32-24)16-20-9-5-18(2)6-10-20/h5-15H,4,16-17H2,1-3H3,(H,31,34)(H,32,36)/b24-14+. The molecule has 196 valence electrons. The highest BCUT2D eigenvalue weighted by Gasteiger charge is 2.33. The summed E-state index contributed by atoms with van der Waals surface area (Å²) in [6.45, 7) is 6.08. The van der Waals surface area contributed by atoms with Crippen LogP contribution in [0.2, 0.25) is 0 Å². The van der Waals surface area contributed by atoms with Crippen LogP contribution in [-0.2, 0) is 16.1 Å². The Kier molecular flexibility index (Phi) is 8.48. The number of hydrogen-bond acceptors (Lipinski definition) is 5. The van der Waals surface area contributed by atoms with Gasteiger partial charge in [-0.25, -0.2) is 4.79 Å². The summed E-state index contributed by atoms with van der Waals surface area (Å²) in [4.78, 5) is 39.0. The average Bonchev–Trinajstić information content (AvgIpc) is 3.13. The van der Waals surface area contributed by atoms with Gasteiger partial charge < -0.3 is 20.1 Å². The van der Waals surface area contributed by atoms with Gasteiger partial charge in [-0.1, -0.05) is 47.5 Å². The number of nitrogens with zero attached hydrogens (tertiary/aromatic N) is 1. The minimum atomic E-state index is -0.481. The summed E-state index contributed by atoms with van der Waals surface area (Å²) in [5.41, 5.74) is 4.49. The number of imide groups is 1. The number of rotatable bonds is 9. The predicted octanol–water partition coefficient (Wildman–Crippen LogP) is 5.58. The fraction of sp³-hybridized carbons (Fsp3) is 0.207. The number of amides is 4. The van der Waals surface area contributed by atoms with Gasteiger partial charge >= 0.3 is 6.03 Å². The van der Waals surface area contributed by atoms with E-state index in [0.717, 1.165) is 16.7 Å². The van der Waals surface area contributed by atoms with Crippen LogP contribution in [0.3, 0.4) is 0 Å². The van der Waals surface area contributed by atoms with E-state index in [4.69, 9.17) is 9.47 Å². The Morgan fingerprint density at radius 1 is 1.00 bits per heavy atom. The highest BCUT2D eigenvalue weighted by molar-refractivity contribution is 9.10. The van der Waals surface area contributed by atoms with Crippen LogP contribution in [0.15, 0.2) is 70.8 Å². The summed E-state index contributed by atoms with van der Waals surface area (Å²) in [5, 5.41) is 5.44. The molecule has 8 nitrogen and oxygen atoms in total. The number of hydrogen-bond donors (Lipinski definition) is 2. The first kappa shape index (κ1) is 26.9. The lowest BCUT2D eigenvalue weighted by atomic mass is 10.1. The molecular weight excluding hydrogens is 550 g/mol. The number of aryl methyl sites for hydroxylation is 2. The van der Waals surface area contributed by atoms with Gasteiger partial charge in [0.05, 0.1) is 17.6 Å². The summed E-state index contributed by atoms with van der Waals surface area (Å²) < 4.78 is 12.1. The van der Waals surface area contributed by atoms with Crippen LogP contribution in [0, 0.1) is 13.8 Å². The lowest BCUT2D eigenvalue weighted by Gasteiger charge is -2.15. The number of carbonyl (C=O) groups is 3. The topological polar surface area (TPSA) is 97.0 Å². The SMILES string of the molecule is CCOc1cc(/C=C2/NC(=O)N(Cc3ccc(C)cc3)C2=O)cc(Br)c1OCC(=O)Nc1ccc(C)cc1. The molecular formula is C29H28BrN3O5. The summed E-state index contributed by atoms with van der Waals surface area (Å²) in [6.07, 6.45) is 1.58. The highest BCUT2D eigenvalue weighted by Crippen LogP contribution is 2.37. The minimum Gasteiger partial charge on any atom is -0.490 e. The molecule has 1 aliphatic rings. The van der Waals surface area contributed by atoms with Crippen molar-refractivity contribution in [3.63, 3.8) is 0 Å². The van der Waals surface area contributed by atoms with Gasteiger partial charge in [0, 0.05) is 5.69 Å². The minimum absolute atomic E-state index is 0.155. The molecule has 4 rings (SSSR count). The maximum Gasteiger partial charge on any atom is 0.329 e. The van der Waals surface area contributed by atoms with Crippen molar-refractivity contribution in [1.82, 2.24) is 10.2 Å². The molecule has 1 fully saturated rings. The fourth-order valence-corrected chi connectivity index (χ4v) is 4.38. The Labute approximate surface area is 229 Å². The van der Waals surface area contributed by atoms with E-state index in [9.17, 15) is 14.4 Å². The highest BCUT2D eigenvalue weighted by atomic mass is 79.9. The van der Waals surface area contributed by atoms with Crippen molar-refractivity contribution in [2.45, 2.75) is 27.3 Å². The molecule has 1 saturated heterocycles.